The molecule has 1 atom stereocenters. The third-order valence-corrected chi connectivity index (χ3v) is 6.24. The lowest BCUT2D eigenvalue weighted by Gasteiger charge is -2.30. The van der Waals surface area contributed by atoms with E-state index in [0.717, 1.165) is 53.7 Å². The van der Waals surface area contributed by atoms with Gasteiger partial charge in [0.2, 0.25) is 0 Å². The molecular formula is C26H33N5O. The first-order valence-corrected chi connectivity index (χ1v) is 11.4. The third-order valence-electron chi connectivity index (χ3n) is 6.24. The van der Waals surface area contributed by atoms with Crippen LogP contribution in [0.4, 0.5) is 16.3 Å². The second kappa shape index (κ2) is 9.90. The Labute approximate surface area is 190 Å². The largest absolute Gasteiger partial charge is 0.377 e. The summed E-state index contributed by atoms with van der Waals surface area (Å²) in [5, 5.41) is 11.0. The van der Waals surface area contributed by atoms with Gasteiger partial charge in [0.05, 0.1) is 11.6 Å². The number of nitrogens with zero attached hydrogens (tertiary/aromatic N) is 2. The average Bonchev–Trinajstić information content (AvgIpc) is 2.80. The first kappa shape index (κ1) is 21.9. The summed E-state index contributed by atoms with van der Waals surface area (Å²) in [5.74, 6) is 0.915. The van der Waals surface area contributed by atoms with Crippen LogP contribution in [0.5, 0.6) is 0 Å². The summed E-state index contributed by atoms with van der Waals surface area (Å²) >= 11 is 0. The summed E-state index contributed by atoms with van der Waals surface area (Å²) in [5.41, 5.74) is 3.27. The zero-order valence-electron chi connectivity index (χ0n) is 19.1. The van der Waals surface area contributed by atoms with Crippen molar-refractivity contribution in [3.05, 3.63) is 66.2 Å². The number of pyridine rings is 1. The van der Waals surface area contributed by atoms with E-state index in [2.05, 4.69) is 59.2 Å². The number of rotatable bonds is 6. The molecule has 3 N–H and O–H groups in total. The van der Waals surface area contributed by atoms with E-state index in [4.69, 9.17) is 4.98 Å². The second-order valence-electron chi connectivity index (χ2n) is 8.88. The van der Waals surface area contributed by atoms with E-state index < -0.39 is 0 Å². The molecule has 1 fully saturated rings. The minimum Gasteiger partial charge on any atom is -0.377 e. The Morgan fingerprint density at radius 3 is 2.34 bits per heavy atom. The lowest BCUT2D eigenvalue weighted by atomic mass is 9.91. The van der Waals surface area contributed by atoms with E-state index in [0.29, 0.717) is 6.04 Å². The zero-order chi connectivity index (χ0) is 22.5. The van der Waals surface area contributed by atoms with Crippen LogP contribution in [0.2, 0.25) is 0 Å². The molecule has 1 saturated carbocycles. The summed E-state index contributed by atoms with van der Waals surface area (Å²) in [6.45, 7) is 2.01. The van der Waals surface area contributed by atoms with Gasteiger partial charge in [-0.3, -0.25) is 0 Å². The number of para-hydroxylation sites is 1. The SMILES string of the molecule is CC(NC(=O)N[C@H]1CC[C@@H](Nc2cc(N(C)C)c3ccccc3n2)CC1)c1ccccc1. The van der Waals surface area contributed by atoms with Crippen LogP contribution in [0.15, 0.2) is 60.7 Å². The number of hydrogen-bond donors (Lipinski definition) is 3. The molecule has 2 aromatic carbocycles. The van der Waals surface area contributed by atoms with Crippen molar-refractivity contribution in [1.82, 2.24) is 15.6 Å². The number of aromatic nitrogens is 1. The van der Waals surface area contributed by atoms with Crippen molar-refractivity contribution in [3.63, 3.8) is 0 Å². The fourth-order valence-electron chi connectivity index (χ4n) is 4.44. The summed E-state index contributed by atoms with van der Waals surface area (Å²) < 4.78 is 0. The van der Waals surface area contributed by atoms with Crippen molar-refractivity contribution in [2.24, 2.45) is 0 Å². The number of benzene rings is 2. The molecule has 0 bridgehead atoms. The fourth-order valence-corrected chi connectivity index (χ4v) is 4.44. The Morgan fingerprint density at radius 2 is 1.62 bits per heavy atom. The van der Waals surface area contributed by atoms with Crippen LogP contribution in [0, 0.1) is 0 Å². The quantitative estimate of drug-likeness (QED) is 0.509. The van der Waals surface area contributed by atoms with Crippen molar-refractivity contribution in [2.75, 3.05) is 24.3 Å². The van der Waals surface area contributed by atoms with Crippen molar-refractivity contribution in [3.8, 4) is 0 Å². The van der Waals surface area contributed by atoms with Gasteiger partial charge >= 0.3 is 6.03 Å². The molecule has 0 spiro atoms. The first-order valence-electron chi connectivity index (χ1n) is 11.4. The maximum absolute atomic E-state index is 12.4. The van der Waals surface area contributed by atoms with Gasteiger partial charge in [0, 0.05) is 43.3 Å². The Kier molecular flexibility index (Phi) is 6.78. The topological polar surface area (TPSA) is 69.3 Å². The molecule has 1 aliphatic carbocycles. The molecule has 1 aliphatic rings. The molecule has 2 amide bonds. The first-order chi connectivity index (χ1) is 15.5. The second-order valence-corrected chi connectivity index (χ2v) is 8.88. The predicted molar refractivity (Wildman–Crippen MR) is 132 cm³/mol. The van der Waals surface area contributed by atoms with E-state index in [1.54, 1.807) is 0 Å². The van der Waals surface area contributed by atoms with Crippen LogP contribution in [0.3, 0.4) is 0 Å². The third kappa shape index (κ3) is 5.31. The predicted octanol–water partition coefficient (Wildman–Crippen LogP) is 5.08. The number of urea groups is 1. The van der Waals surface area contributed by atoms with Gasteiger partial charge in [0.1, 0.15) is 5.82 Å². The van der Waals surface area contributed by atoms with Gasteiger partial charge < -0.3 is 20.9 Å². The lowest BCUT2D eigenvalue weighted by molar-refractivity contribution is 0.229. The van der Waals surface area contributed by atoms with Crippen LogP contribution in [0.1, 0.15) is 44.2 Å². The zero-order valence-corrected chi connectivity index (χ0v) is 19.1. The average molecular weight is 432 g/mol. The standard InChI is InChI=1S/C26H33N5O/c1-18(19-9-5-4-6-10-19)27-26(32)29-21-15-13-20(14-16-21)28-25-17-24(31(2)3)22-11-7-8-12-23(22)30-25/h4-12,17-18,20-21H,13-16H2,1-3H3,(H,28,30)(H2,27,29,32)/t18?,20-,21+. The number of carbonyl (C=O) groups is 1. The van der Waals surface area contributed by atoms with Crippen LogP contribution in [0.25, 0.3) is 10.9 Å². The number of nitrogens with one attached hydrogen (secondary N) is 3. The highest BCUT2D eigenvalue weighted by Gasteiger charge is 2.23. The highest BCUT2D eigenvalue weighted by Crippen LogP contribution is 2.29. The number of hydrogen-bond acceptors (Lipinski definition) is 4. The van der Waals surface area contributed by atoms with Gasteiger partial charge in [-0.05, 0) is 44.2 Å². The summed E-state index contributed by atoms with van der Waals surface area (Å²) in [6.07, 6.45) is 3.92. The van der Waals surface area contributed by atoms with Gasteiger partial charge in [0.25, 0.3) is 0 Å². The van der Waals surface area contributed by atoms with E-state index in [1.165, 1.54) is 0 Å². The highest BCUT2D eigenvalue weighted by molar-refractivity contribution is 5.93. The molecule has 32 heavy (non-hydrogen) atoms. The van der Waals surface area contributed by atoms with Gasteiger partial charge in [-0.15, -0.1) is 0 Å². The number of amides is 2. The lowest BCUT2D eigenvalue weighted by Crippen LogP contribution is -2.45. The van der Waals surface area contributed by atoms with Gasteiger partial charge in [-0.1, -0.05) is 48.5 Å². The molecule has 1 unspecified atom stereocenters. The minimum absolute atomic E-state index is 0.0147. The van der Waals surface area contributed by atoms with Crippen molar-refractivity contribution >= 4 is 28.4 Å². The maximum Gasteiger partial charge on any atom is 0.315 e. The van der Waals surface area contributed by atoms with Gasteiger partial charge in [0.15, 0.2) is 0 Å². The van der Waals surface area contributed by atoms with Crippen LogP contribution >= 0.6 is 0 Å². The molecule has 6 heteroatoms. The Balaban J connectivity index is 1.30. The summed E-state index contributed by atoms with van der Waals surface area (Å²) in [6, 6.07) is 20.9. The van der Waals surface area contributed by atoms with Gasteiger partial charge in [-0.2, -0.15) is 0 Å². The van der Waals surface area contributed by atoms with Crippen molar-refractivity contribution in [1.29, 1.82) is 0 Å². The van der Waals surface area contributed by atoms with Crippen molar-refractivity contribution < 1.29 is 4.79 Å². The molecule has 0 saturated heterocycles. The highest BCUT2D eigenvalue weighted by atomic mass is 16.2. The number of carbonyl (C=O) groups excluding carboxylic acids is 1. The van der Waals surface area contributed by atoms with Crippen LogP contribution in [-0.2, 0) is 0 Å². The number of anilines is 2. The van der Waals surface area contributed by atoms with E-state index >= 15 is 0 Å². The molecule has 1 aromatic heterocycles. The molecule has 0 aliphatic heterocycles. The minimum atomic E-state index is -0.0930. The van der Waals surface area contributed by atoms with Crippen LogP contribution < -0.4 is 20.9 Å². The summed E-state index contributed by atoms with van der Waals surface area (Å²) in [7, 11) is 4.12. The van der Waals surface area contributed by atoms with E-state index in [-0.39, 0.29) is 18.1 Å². The van der Waals surface area contributed by atoms with E-state index in [9.17, 15) is 4.79 Å². The molecule has 1 heterocycles. The molecule has 6 nitrogen and oxygen atoms in total. The van der Waals surface area contributed by atoms with E-state index in [1.807, 2.05) is 43.3 Å². The molecule has 3 aromatic rings. The molecule has 168 valence electrons. The van der Waals surface area contributed by atoms with Crippen molar-refractivity contribution in [2.45, 2.75) is 50.7 Å². The number of fused-ring (bicyclic) bond motifs is 1. The fraction of sp³-hybridized carbons (Fsp3) is 0.385. The Bertz CT molecular complexity index is 1040. The maximum atomic E-state index is 12.4. The summed E-state index contributed by atoms with van der Waals surface area (Å²) in [4.78, 5) is 19.4. The molecule has 0 radical (unpaired) electrons. The smallest absolute Gasteiger partial charge is 0.315 e. The molecular weight excluding hydrogens is 398 g/mol. The molecule has 4 rings (SSSR count). The Hall–Kier alpha value is -3.28. The Morgan fingerprint density at radius 1 is 0.969 bits per heavy atom. The van der Waals surface area contributed by atoms with Crippen LogP contribution in [-0.4, -0.2) is 37.2 Å². The van der Waals surface area contributed by atoms with Gasteiger partial charge in [-0.25, -0.2) is 9.78 Å². The normalized spacial score (nSPS) is 19.2. The monoisotopic (exact) mass is 431 g/mol.